The van der Waals surface area contributed by atoms with Gasteiger partial charge in [0.1, 0.15) is 17.9 Å². The Labute approximate surface area is 130 Å². The van der Waals surface area contributed by atoms with Gasteiger partial charge in [0.15, 0.2) is 5.69 Å². The first kappa shape index (κ1) is 14.7. The Morgan fingerprint density at radius 3 is 2.82 bits per heavy atom. The largest absolute Gasteiger partial charge is 0.372 e. The summed E-state index contributed by atoms with van der Waals surface area (Å²) < 4.78 is 7.48. The second-order valence-electron chi connectivity index (χ2n) is 5.62. The molecule has 5 nitrogen and oxygen atoms in total. The average molecular weight is 296 g/mol. The zero-order valence-electron chi connectivity index (χ0n) is 12.8. The lowest BCUT2D eigenvalue weighted by Crippen LogP contribution is -2.08. The van der Waals surface area contributed by atoms with Crippen LogP contribution >= 0.6 is 0 Å². The van der Waals surface area contributed by atoms with E-state index in [1.807, 2.05) is 12.1 Å². The molecule has 22 heavy (non-hydrogen) atoms. The maximum atomic E-state index is 9.26. The average Bonchev–Trinajstić information content (AvgIpc) is 3.21. The summed E-state index contributed by atoms with van der Waals surface area (Å²) in [6.07, 6.45) is 5.33. The minimum Gasteiger partial charge on any atom is -0.372 e. The normalized spacial score (nSPS) is 17.5. The van der Waals surface area contributed by atoms with Crippen LogP contribution in [0.15, 0.2) is 24.3 Å². The van der Waals surface area contributed by atoms with Gasteiger partial charge in [-0.1, -0.05) is 30.7 Å². The highest BCUT2D eigenvalue weighted by molar-refractivity contribution is 5.39. The predicted octanol–water partition coefficient (Wildman–Crippen LogP) is 3.33. The molecule has 1 aromatic heterocycles. The van der Waals surface area contributed by atoms with Crippen LogP contribution in [0.4, 0.5) is 0 Å². The van der Waals surface area contributed by atoms with Crippen molar-refractivity contribution in [2.24, 2.45) is 0 Å². The smallest absolute Gasteiger partial charge is 0.189 e. The van der Waals surface area contributed by atoms with Gasteiger partial charge in [-0.25, -0.2) is 4.68 Å². The van der Waals surface area contributed by atoms with Crippen molar-refractivity contribution in [3.05, 3.63) is 41.2 Å². The summed E-state index contributed by atoms with van der Waals surface area (Å²) >= 11 is 0. The van der Waals surface area contributed by atoms with Gasteiger partial charge < -0.3 is 4.74 Å². The van der Waals surface area contributed by atoms with Gasteiger partial charge in [0.25, 0.3) is 0 Å². The van der Waals surface area contributed by atoms with Crippen LogP contribution in [0.5, 0.6) is 0 Å². The van der Waals surface area contributed by atoms with E-state index in [2.05, 4.69) is 35.4 Å². The SMILES string of the molecule is CCCCc1ccc(-n2nnc(C#N)c2C2CCCO2)cc1. The maximum Gasteiger partial charge on any atom is 0.189 e. The Hall–Kier alpha value is -2.19. The van der Waals surface area contributed by atoms with E-state index in [9.17, 15) is 5.26 Å². The molecule has 2 heterocycles. The van der Waals surface area contributed by atoms with Crippen LogP contribution in [0.2, 0.25) is 0 Å². The topological polar surface area (TPSA) is 63.7 Å². The molecule has 0 aliphatic carbocycles. The van der Waals surface area contributed by atoms with E-state index in [-0.39, 0.29) is 6.10 Å². The fourth-order valence-corrected chi connectivity index (χ4v) is 2.83. The van der Waals surface area contributed by atoms with Gasteiger partial charge >= 0.3 is 0 Å². The third-order valence-electron chi connectivity index (χ3n) is 4.05. The zero-order valence-corrected chi connectivity index (χ0v) is 12.8. The number of hydrogen-bond donors (Lipinski definition) is 0. The first-order chi connectivity index (χ1) is 10.8. The molecule has 0 bridgehead atoms. The summed E-state index contributed by atoms with van der Waals surface area (Å²) in [5.74, 6) is 0. The molecule has 1 fully saturated rings. The van der Waals surface area contributed by atoms with Gasteiger partial charge in [-0.05, 0) is 43.4 Å². The van der Waals surface area contributed by atoms with E-state index < -0.39 is 0 Å². The molecule has 0 saturated carbocycles. The summed E-state index contributed by atoms with van der Waals surface area (Å²) in [5, 5.41) is 17.4. The van der Waals surface area contributed by atoms with E-state index >= 15 is 0 Å². The molecule has 5 heteroatoms. The van der Waals surface area contributed by atoms with Crippen LogP contribution in [-0.2, 0) is 11.2 Å². The molecule has 1 aliphatic heterocycles. The maximum absolute atomic E-state index is 9.26. The number of rotatable bonds is 5. The molecule has 1 unspecified atom stereocenters. The Balaban J connectivity index is 1.91. The fraction of sp³-hybridized carbons (Fsp3) is 0.471. The van der Waals surface area contributed by atoms with Crippen LogP contribution in [0.3, 0.4) is 0 Å². The summed E-state index contributed by atoms with van der Waals surface area (Å²) in [6.45, 7) is 2.93. The molecular formula is C17H20N4O. The number of ether oxygens (including phenoxy) is 1. The molecule has 1 aliphatic rings. The third-order valence-corrected chi connectivity index (χ3v) is 4.05. The standard InChI is InChI=1S/C17H20N4O/c1-2-3-5-13-7-9-14(10-8-13)21-17(15(12-18)19-20-21)16-6-4-11-22-16/h7-10,16H,2-6,11H2,1H3. The summed E-state index contributed by atoms with van der Waals surface area (Å²) in [5.41, 5.74) is 3.40. The van der Waals surface area contributed by atoms with Crippen molar-refractivity contribution in [1.82, 2.24) is 15.0 Å². The zero-order chi connectivity index (χ0) is 15.4. The molecule has 1 atom stereocenters. The van der Waals surface area contributed by atoms with Crippen LogP contribution in [-0.4, -0.2) is 21.6 Å². The summed E-state index contributed by atoms with van der Waals surface area (Å²) in [7, 11) is 0. The highest BCUT2D eigenvalue weighted by Crippen LogP contribution is 2.31. The molecular weight excluding hydrogens is 276 g/mol. The summed E-state index contributed by atoms with van der Waals surface area (Å²) in [6, 6.07) is 10.5. The highest BCUT2D eigenvalue weighted by Gasteiger charge is 2.27. The monoisotopic (exact) mass is 296 g/mol. The number of benzene rings is 1. The Kier molecular flexibility index (Phi) is 4.50. The van der Waals surface area contributed by atoms with E-state index in [1.54, 1.807) is 4.68 Å². The lowest BCUT2D eigenvalue weighted by molar-refractivity contribution is 0.106. The van der Waals surface area contributed by atoms with Crippen molar-refractivity contribution in [1.29, 1.82) is 5.26 Å². The van der Waals surface area contributed by atoms with Crippen LogP contribution in [0, 0.1) is 11.3 Å². The Morgan fingerprint density at radius 1 is 1.36 bits per heavy atom. The lowest BCUT2D eigenvalue weighted by Gasteiger charge is -2.12. The predicted molar refractivity (Wildman–Crippen MR) is 82.6 cm³/mol. The minimum absolute atomic E-state index is 0.0792. The molecule has 0 spiro atoms. The molecule has 0 amide bonds. The van der Waals surface area contributed by atoms with Crippen molar-refractivity contribution in [2.45, 2.75) is 45.1 Å². The molecule has 3 rings (SSSR count). The van der Waals surface area contributed by atoms with E-state index in [1.165, 1.54) is 18.4 Å². The van der Waals surface area contributed by atoms with E-state index in [0.717, 1.165) is 37.3 Å². The number of hydrogen-bond acceptors (Lipinski definition) is 4. The molecule has 114 valence electrons. The van der Waals surface area contributed by atoms with Gasteiger partial charge in [0.2, 0.25) is 0 Å². The number of nitrogens with zero attached hydrogens (tertiary/aromatic N) is 4. The first-order valence-electron chi connectivity index (χ1n) is 7.90. The van der Waals surface area contributed by atoms with Crippen molar-refractivity contribution < 1.29 is 4.74 Å². The van der Waals surface area contributed by atoms with Crippen molar-refractivity contribution in [2.75, 3.05) is 6.61 Å². The number of unbranched alkanes of at least 4 members (excludes halogenated alkanes) is 1. The van der Waals surface area contributed by atoms with Gasteiger partial charge in [-0.2, -0.15) is 5.26 Å². The van der Waals surface area contributed by atoms with Crippen LogP contribution < -0.4 is 0 Å². The van der Waals surface area contributed by atoms with E-state index in [4.69, 9.17) is 4.74 Å². The fourth-order valence-electron chi connectivity index (χ4n) is 2.83. The van der Waals surface area contributed by atoms with Crippen LogP contribution in [0.1, 0.15) is 55.7 Å². The molecule has 1 aromatic carbocycles. The van der Waals surface area contributed by atoms with Crippen molar-refractivity contribution in [3.63, 3.8) is 0 Å². The van der Waals surface area contributed by atoms with E-state index in [0.29, 0.717) is 5.69 Å². The second kappa shape index (κ2) is 6.71. The first-order valence-corrected chi connectivity index (χ1v) is 7.90. The van der Waals surface area contributed by atoms with Gasteiger partial charge in [0.05, 0.1) is 5.69 Å². The van der Waals surface area contributed by atoms with Crippen molar-refractivity contribution >= 4 is 0 Å². The lowest BCUT2D eigenvalue weighted by atomic mass is 10.1. The third kappa shape index (κ3) is 2.88. The highest BCUT2D eigenvalue weighted by atomic mass is 16.5. The number of aryl methyl sites for hydroxylation is 1. The Bertz CT molecular complexity index is 663. The van der Waals surface area contributed by atoms with Gasteiger partial charge in [-0.15, -0.1) is 5.10 Å². The molecule has 0 N–H and O–H groups in total. The molecule has 2 aromatic rings. The van der Waals surface area contributed by atoms with Crippen LogP contribution in [0.25, 0.3) is 5.69 Å². The summed E-state index contributed by atoms with van der Waals surface area (Å²) in [4.78, 5) is 0. The van der Waals surface area contributed by atoms with Crippen molar-refractivity contribution in [3.8, 4) is 11.8 Å². The number of aromatic nitrogens is 3. The second-order valence-corrected chi connectivity index (χ2v) is 5.62. The van der Waals surface area contributed by atoms with Gasteiger partial charge in [-0.3, -0.25) is 0 Å². The minimum atomic E-state index is -0.0792. The van der Waals surface area contributed by atoms with Gasteiger partial charge in [0, 0.05) is 6.61 Å². The molecule has 1 saturated heterocycles. The number of nitriles is 1. The quantitative estimate of drug-likeness (QED) is 0.849. The molecule has 0 radical (unpaired) electrons. The Morgan fingerprint density at radius 2 is 2.18 bits per heavy atom.